The molecule has 0 amide bonds. The minimum absolute atomic E-state index is 0.361. The van der Waals surface area contributed by atoms with Crippen LogP contribution in [0.3, 0.4) is 0 Å². The van der Waals surface area contributed by atoms with Gasteiger partial charge >= 0.3 is 0 Å². The molecule has 0 aliphatic heterocycles. The van der Waals surface area contributed by atoms with Gasteiger partial charge in [-0.2, -0.15) is 0 Å². The monoisotopic (exact) mass is 413 g/mol. The number of hydrogen-bond acceptors (Lipinski definition) is 3. The van der Waals surface area contributed by atoms with Crippen molar-refractivity contribution in [3.05, 3.63) is 127 Å². The summed E-state index contributed by atoms with van der Waals surface area (Å²) >= 11 is 0. The van der Waals surface area contributed by atoms with E-state index in [-0.39, 0.29) is 6.04 Å². The number of hydrogen-bond donors (Lipinski definition) is 2. The van der Waals surface area contributed by atoms with E-state index in [9.17, 15) is 4.57 Å². The van der Waals surface area contributed by atoms with Crippen molar-refractivity contribution in [1.29, 1.82) is 0 Å². The first-order chi connectivity index (χ1) is 14.7. The van der Waals surface area contributed by atoms with Crippen molar-refractivity contribution in [3.8, 4) is 0 Å². The van der Waals surface area contributed by atoms with E-state index >= 15 is 0 Å². The molecule has 0 saturated carbocycles. The van der Waals surface area contributed by atoms with E-state index in [1.54, 1.807) is 12.4 Å². The topological polar surface area (TPSA) is 68.0 Å². The SMILES string of the molecule is NC(c1ccncc1)C(NP(=O)(c1ccccc1)c1ccccc1)c1ccccc1. The minimum atomic E-state index is -3.17. The van der Waals surface area contributed by atoms with Gasteiger partial charge in [0.1, 0.15) is 0 Å². The van der Waals surface area contributed by atoms with Gasteiger partial charge in [0.2, 0.25) is 7.29 Å². The van der Waals surface area contributed by atoms with Crippen LogP contribution in [0.4, 0.5) is 0 Å². The molecule has 1 aromatic heterocycles. The van der Waals surface area contributed by atoms with Crippen LogP contribution in [-0.4, -0.2) is 4.98 Å². The molecule has 4 rings (SSSR count). The van der Waals surface area contributed by atoms with Crippen LogP contribution >= 0.6 is 7.29 Å². The first-order valence-corrected chi connectivity index (χ1v) is 11.6. The van der Waals surface area contributed by atoms with Crippen molar-refractivity contribution in [2.24, 2.45) is 5.73 Å². The first-order valence-electron chi connectivity index (χ1n) is 9.88. The highest BCUT2D eigenvalue weighted by molar-refractivity contribution is 7.76. The zero-order valence-corrected chi connectivity index (χ0v) is 17.4. The zero-order valence-electron chi connectivity index (χ0n) is 16.5. The molecule has 4 aromatic rings. The molecule has 0 saturated heterocycles. The molecular weight excluding hydrogens is 389 g/mol. The second kappa shape index (κ2) is 9.19. The van der Waals surface area contributed by atoms with Crippen LogP contribution in [0.2, 0.25) is 0 Å². The van der Waals surface area contributed by atoms with Gasteiger partial charge in [0.15, 0.2) is 0 Å². The molecule has 0 radical (unpaired) electrons. The highest BCUT2D eigenvalue weighted by atomic mass is 31.2. The van der Waals surface area contributed by atoms with E-state index in [4.69, 9.17) is 5.73 Å². The Hall–Kier alpha value is -3.04. The predicted molar refractivity (Wildman–Crippen MR) is 123 cm³/mol. The van der Waals surface area contributed by atoms with Crippen LogP contribution in [0.25, 0.3) is 0 Å². The summed E-state index contributed by atoms with van der Waals surface area (Å²) in [5, 5.41) is 4.99. The number of benzene rings is 3. The van der Waals surface area contributed by atoms with Crippen LogP contribution in [0, 0.1) is 0 Å². The fourth-order valence-electron chi connectivity index (χ4n) is 3.57. The predicted octanol–water partition coefficient (Wildman–Crippen LogP) is 4.34. The summed E-state index contributed by atoms with van der Waals surface area (Å²) in [6.45, 7) is 0. The lowest BCUT2D eigenvalue weighted by Crippen LogP contribution is -2.36. The molecule has 0 spiro atoms. The van der Waals surface area contributed by atoms with E-state index in [0.29, 0.717) is 0 Å². The van der Waals surface area contributed by atoms with Crippen LogP contribution in [0.5, 0.6) is 0 Å². The number of rotatable bonds is 7. The van der Waals surface area contributed by atoms with Crippen molar-refractivity contribution >= 4 is 17.9 Å². The fourth-order valence-corrected chi connectivity index (χ4v) is 6.05. The third kappa shape index (κ3) is 4.27. The van der Waals surface area contributed by atoms with Crippen molar-refractivity contribution in [1.82, 2.24) is 10.1 Å². The molecule has 4 nitrogen and oxygen atoms in total. The molecule has 0 aliphatic rings. The second-order valence-corrected chi connectivity index (χ2v) is 9.61. The number of nitrogens with zero attached hydrogens (tertiary/aromatic N) is 1. The summed E-state index contributed by atoms with van der Waals surface area (Å²) in [7, 11) is -3.17. The Morgan fingerprint density at radius 1 is 0.667 bits per heavy atom. The van der Waals surface area contributed by atoms with Gasteiger partial charge in [-0.1, -0.05) is 66.7 Å². The second-order valence-electron chi connectivity index (χ2n) is 7.10. The van der Waals surface area contributed by atoms with E-state index in [2.05, 4.69) is 10.1 Å². The molecule has 3 aromatic carbocycles. The maximum atomic E-state index is 14.6. The molecule has 2 atom stereocenters. The first kappa shape index (κ1) is 20.2. The maximum absolute atomic E-state index is 14.6. The third-order valence-corrected chi connectivity index (χ3v) is 7.86. The lowest BCUT2D eigenvalue weighted by molar-refractivity contribution is 0.511. The number of nitrogens with one attached hydrogen (secondary N) is 1. The number of pyridine rings is 1. The quantitative estimate of drug-likeness (QED) is 0.442. The van der Waals surface area contributed by atoms with Gasteiger partial charge in [0, 0.05) is 29.0 Å². The van der Waals surface area contributed by atoms with Gasteiger partial charge in [0.25, 0.3) is 0 Å². The standard InChI is InChI=1S/C25H24N3OP/c26-24(20-16-18-27-19-17-20)25(21-10-4-1-5-11-21)28-30(29,22-12-6-2-7-13-22)23-14-8-3-9-15-23/h1-19,24-25H,26H2,(H,28,29). The average molecular weight is 413 g/mol. The highest BCUT2D eigenvalue weighted by Crippen LogP contribution is 2.44. The molecule has 2 unspecified atom stereocenters. The Kier molecular flexibility index (Phi) is 6.20. The van der Waals surface area contributed by atoms with Crippen molar-refractivity contribution in [3.63, 3.8) is 0 Å². The smallest absolute Gasteiger partial charge is 0.205 e. The fraction of sp³-hybridized carbons (Fsp3) is 0.0800. The summed E-state index contributed by atoms with van der Waals surface area (Å²) < 4.78 is 14.6. The average Bonchev–Trinajstić information content (AvgIpc) is 2.84. The largest absolute Gasteiger partial charge is 0.322 e. The molecule has 0 bridgehead atoms. The van der Waals surface area contributed by atoms with Gasteiger partial charge in [-0.15, -0.1) is 0 Å². The Bertz CT molecular complexity index is 1060. The molecule has 150 valence electrons. The summed E-state index contributed by atoms with van der Waals surface area (Å²) in [5.41, 5.74) is 8.63. The number of aromatic nitrogens is 1. The van der Waals surface area contributed by atoms with Gasteiger partial charge in [-0.05, 0) is 47.5 Å². The minimum Gasteiger partial charge on any atom is -0.322 e. The van der Waals surface area contributed by atoms with Gasteiger partial charge < -0.3 is 5.73 Å². The molecule has 5 heteroatoms. The van der Waals surface area contributed by atoms with Gasteiger partial charge in [-0.25, -0.2) is 0 Å². The van der Waals surface area contributed by atoms with E-state index in [1.165, 1.54) is 0 Å². The summed E-state index contributed by atoms with van der Waals surface area (Å²) in [4.78, 5) is 4.10. The molecule has 3 N–H and O–H groups in total. The summed E-state index contributed by atoms with van der Waals surface area (Å²) in [6, 6.07) is 32.1. The lowest BCUT2D eigenvalue weighted by Gasteiger charge is -2.31. The van der Waals surface area contributed by atoms with Crippen LogP contribution < -0.4 is 21.4 Å². The highest BCUT2D eigenvalue weighted by Gasteiger charge is 2.33. The summed E-state index contributed by atoms with van der Waals surface area (Å²) in [5.74, 6) is 0. The van der Waals surface area contributed by atoms with E-state index < -0.39 is 13.3 Å². The maximum Gasteiger partial charge on any atom is 0.205 e. The Balaban J connectivity index is 1.82. The normalized spacial score (nSPS) is 13.5. The lowest BCUT2D eigenvalue weighted by atomic mass is 9.96. The van der Waals surface area contributed by atoms with Crippen LogP contribution in [-0.2, 0) is 4.57 Å². The van der Waals surface area contributed by atoms with Crippen molar-refractivity contribution in [2.75, 3.05) is 0 Å². The third-order valence-electron chi connectivity index (χ3n) is 5.17. The molecule has 1 heterocycles. The molecular formula is C25H24N3OP. The van der Waals surface area contributed by atoms with E-state index in [0.717, 1.165) is 21.7 Å². The molecule has 0 fully saturated rings. The van der Waals surface area contributed by atoms with E-state index in [1.807, 2.05) is 103 Å². The summed E-state index contributed by atoms with van der Waals surface area (Å²) in [6.07, 6.45) is 3.45. The van der Waals surface area contributed by atoms with Gasteiger partial charge in [-0.3, -0.25) is 14.6 Å². The van der Waals surface area contributed by atoms with Crippen molar-refractivity contribution < 1.29 is 4.57 Å². The Labute approximate surface area is 177 Å². The zero-order chi connectivity index (χ0) is 20.8. The molecule has 0 aliphatic carbocycles. The number of nitrogens with two attached hydrogens (primary N) is 1. The van der Waals surface area contributed by atoms with Crippen LogP contribution in [0.15, 0.2) is 116 Å². The molecule has 30 heavy (non-hydrogen) atoms. The Morgan fingerprint density at radius 2 is 1.13 bits per heavy atom. The Morgan fingerprint density at radius 3 is 1.63 bits per heavy atom. The van der Waals surface area contributed by atoms with Gasteiger partial charge in [0.05, 0.1) is 6.04 Å². The van der Waals surface area contributed by atoms with Crippen LogP contribution in [0.1, 0.15) is 23.2 Å². The van der Waals surface area contributed by atoms with Crippen molar-refractivity contribution in [2.45, 2.75) is 12.1 Å².